The highest BCUT2D eigenvalue weighted by atomic mass is 16.6. The summed E-state index contributed by atoms with van der Waals surface area (Å²) in [6.45, 7) is 10.3. The van der Waals surface area contributed by atoms with Gasteiger partial charge in [0.15, 0.2) is 11.5 Å². The number of aryl methyl sites for hydroxylation is 2. The molecular weight excluding hydrogens is 494 g/mol. The van der Waals surface area contributed by atoms with Gasteiger partial charge in [-0.25, -0.2) is 14.6 Å². The molecule has 0 saturated carbocycles. The van der Waals surface area contributed by atoms with Gasteiger partial charge < -0.3 is 14.2 Å². The van der Waals surface area contributed by atoms with E-state index >= 15 is 0 Å². The fourth-order valence-electron chi connectivity index (χ4n) is 4.62. The number of hydrogen-bond acceptors (Lipinski definition) is 6. The van der Waals surface area contributed by atoms with Crippen LogP contribution in [0.1, 0.15) is 37.5 Å². The highest BCUT2D eigenvalue weighted by molar-refractivity contribution is 5.83. The molecule has 200 valence electrons. The van der Waals surface area contributed by atoms with E-state index in [1.54, 1.807) is 9.47 Å². The lowest BCUT2D eigenvalue weighted by atomic mass is 10.1. The van der Waals surface area contributed by atoms with Crippen molar-refractivity contribution in [3.8, 4) is 11.5 Å². The smallest absolute Gasteiger partial charge is 0.410 e. The first kappa shape index (κ1) is 26.1. The number of aromatic amines is 1. The molecule has 39 heavy (non-hydrogen) atoms. The van der Waals surface area contributed by atoms with E-state index in [9.17, 15) is 14.4 Å². The Morgan fingerprint density at radius 1 is 0.974 bits per heavy atom. The summed E-state index contributed by atoms with van der Waals surface area (Å²) in [5.74, 6) is 0.175. The lowest BCUT2D eigenvalue weighted by Crippen LogP contribution is -2.38. The molecule has 0 spiro atoms. The van der Waals surface area contributed by atoms with Gasteiger partial charge in [0.25, 0.3) is 5.56 Å². The largest absolute Gasteiger partial charge is 0.444 e. The van der Waals surface area contributed by atoms with Crippen molar-refractivity contribution in [1.82, 2.24) is 24.4 Å². The van der Waals surface area contributed by atoms with Crippen LogP contribution in [0.25, 0.3) is 33.3 Å². The van der Waals surface area contributed by atoms with Crippen LogP contribution >= 0.6 is 0 Å². The Hall–Kier alpha value is -4.53. The van der Waals surface area contributed by atoms with Gasteiger partial charge in [-0.1, -0.05) is 36.4 Å². The summed E-state index contributed by atoms with van der Waals surface area (Å²) in [6.07, 6.45) is -0.457. The molecule has 9 nitrogen and oxygen atoms in total. The van der Waals surface area contributed by atoms with Gasteiger partial charge in [0, 0.05) is 19.6 Å². The molecule has 2 heterocycles. The fourth-order valence-corrected chi connectivity index (χ4v) is 4.62. The first-order valence-electron chi connectivity index (χ1n) is 12.9. The van der Waals surface area contributed by atoms with Crippen LogP contribution in [-0.4, -0.2) is 42.7 Å². The summed E-state index contributed by atoms with van der Waals surface area (Å²) in [7, 11) is 0. The molecule has 1 amide bonds. The minimum Gasteiger partial charge on any atom is -0.444 e. The van der Waals surface area contributed by atoms with Crippen LogP contribution in [0, 0.1) is 13.8 Å². The number of ether oxygens (including phenoxy) is 1. The molecule has 1 N–H and O–H groups in total. The Morgan fingerprint density at radius 2 is 1.69 bits per heavy atom. The number of nitrogens with one attached hydrogen (secondary N) is 1. The molecule has 9 heteroatoms. The zero-order valence-corrected chi connectivity index (χ0v) is 22.7. The Morgan fingerprint density at radius 3 is 2.44 bits per heavy atom. The van der Waals surface area contributed by atoms with Crippen LogP contribution in [0.2, 0.25) is 0 Å². The molecule has 0 unspecified atom stereocenters. The lowest BCUT2D eigenvalue weighted by molar-refractivity contribution is 0.0227. The topological polar surface area (TPSA) is 110 Å². The number of amides is 1. The minimum absolute atomic E-state index is 0.0729. The summed E-state index contributed by atoms with van der Waals surface area (Å²) in [5.41, 5.74) is 2.39. The molecule has 0 aliphatic carbocycles. The van der Waals surface area contributed by atoms with Crippen LogP contribution in [-0.2, 0) is 17.8 Å². The number of H-pyrrole nitrogens is 1. The number of rotatable bonds is 5. The van der Waals surface area contributed by atoms with Crippen molar-refractivity contribution < 1.29 is 9.53 Å². The maximum Gasteiger partial charge on any atom is 0.410 e. The van der Waals surface area contributed by atoms with Gasteiger partial charge in [-0.2, -0.15) is 4.98 Å². The third kappa shape index (κ3) is 5.52. The predicted octanol–water partition coefficient (Wildman–Crippen LogP) is 4.79. The van der Waals surface area contributed by atoms with E-state index in [-0.39, 0.29) is 24.6 Å². The Balaban J connectivity index is 1.56. The van der Waals surface area contributed by atoms with Crippen molar-refractivity contribution in [1.29, 1.82) is 0 Å². The molecular formula is C30H31N5O4. The van der Waals surface area contributed by atoms with Gasteiger partial charge in [-0.05, 0) is 80.3 Å². The van der Waals surface area contributed by atoms with Crippen LogP contribution in [0.5, 0.6) is 0 Å². The van der Waals surface area contributed by atoms with E-state index in [0.29, 0.717) is 12.1 Å². The second-order valence-electron chi connectivity index (χ2n) is 10.8. The molecule has 3 aromatic carbocycles. The zero-order chi connectivity index (χ0) is 27.9. The number of aromatic nitrogens is 4. The molecule has 0 bridgehead atoms. The monoisotopic (exact) mass is 525 g/mol. The number of carbonyl (C=O) groups excluding carboxylic acids is 1. The third-order valence-electron chi connectivity index (χ3n) is 6.66. The van der Waals surface area contributed by atoms with Crippen LogP contribution in [0.4, 0.5) is 4.79 Å². The van der Waals surface area contributed by atoms with E-state index in [4.69, 9.17) is 4.74 Å². The first-order valence-corrected chi connectivity index (χ1v) is 12.9. The highest BCUT2D eigenvalue weighted by Gasteiger charge is 2.24. The summed E-state index contributed by atoms with van der Waals surface area (Å²) < 4.78 is 7.53. The van der Waals surface area contributed by atoms with Gasteiger partial charge in [0.1, 0.15) is 5.60 Å². The highest BCUT2D eigenvalue weighted by Crippen LogP contribution is 2.24. The number of hydrogen-bond donors (Lipinski definition) is 1. The number of carbonyl (C=O) groups is 1. The minimum atomic E-state index is -0.744. The summed E-state index contributed by atoms with van der Waals surface area (Å²) in [5, 5.41) is 2.20. The van der Waals surface area contributed by atoms with Gasteiger partial charge in [0.2, 0.25) is 0 Å². The SMILES string of the molecule is Cc1cc2nc3c(=O)[nH]c(=O)nc-3n(CCN(Cc3ccc4ccccc4c3)C(=O)OC(C)(C)C)c2cc1C. The van der Waals surface area contributed by atoms with Crippen molar-refractivity contribution in [3.63, 3.8) is 0 Å². The van der Waals surface area contributed by atoms with Gasteiger partial charge in [-0.15, -0.1) is 0 Å². The zero-order valence-electron chi connectivity index (χ0n) is 22.7. The van der Waals surface area contributed by atoms with Gasteiger partial charge >= 0.3 is 11.8 Å². The Kier molecular flexibility index (Phi) is 6.68. The first-order chi connectivity index (χ1) is 18.5. The molecule has 3 aromatic rings. The standard InChI is InChI=1S/C30H31N5O4/c1-18-14-23-24(15-19(18)2)35(26-25(31-23)27(36)33-28(37)32-26)13-12-34(29(38)39-30(3,4)5)17-20-10-11-21-8-6-7-9-22(21)16-20/h6-11,14-16H,12-13,17H2,1-5H3,(H,33,36,37). The van der Waals surface area contributed by atoms with Crippen LogP contribution in [0.3, 0.4) is 0 Å². The molecule has 0 atom stereocenters. The lowest BCUT2D eigenvalue weighted by Gasteiger charge is -2.28. The molecule has 5 rings (SSSR count). The second kappa shape index (κ2) is 9.98. The number of fused-ring (bicyclic) bond motifs is 3. The van der Waals surface area contributed by atoms with Crippen LogP contribution < -0.4 is 11.2 Å². The van der Waals surface area contributed by atoms with E-state index in [1.165, 1.54) is 0 Å². The molecule has 0 aromatic heterocycles. The molecule has 2 aliphatic rings. The van der Waals surface area contributed by atoms with Crippen molar-refractivity contribution in [2.75, 3.05) is 6.54 Å². The van der Waals surface area contributed by atoms with Gasteiger partial charge in [0.05, 0.1) is 11.0 Å². The van der Waals surface area contributed by atoms with Gasteiger partial charge in [-0.3, -0.25) is 9.78 Å². The van der Waals surface area contributed by atoms with Crippen molar-refractivity contribution in [3.05, 3.63) is 92.1 Å². The maximum atomic E-state index is 13.3. The number of nitrogens with zero attached hydrogens (tertiary/aromatic N) is 4. The summed E-state index contributed by atoms with van der Waals surface area (Å²) in [6, 6.07) is 18.0. The van der Waals surface area contributed by atoms with E-state index in [1.807, 2.05) is 83.1 Å². The average molecular weight is 526 g/mol. The maximum absolute atomic E-state index is 13.3. The van der Waals surface area contributed by atoms with Crippen LogP contribution in [0.15, 0.2) is 64.2 Å². The summed E-state index contributed by atoms with van der Waals surface area (Å²) >= 11 is 0. The molecule has 0 fully saturated rings. The van der Waals surface area contributed by atoms with Crippen molar-refractivity contribution in [2.45, 2.75) is 53.3 Å². The average Bonchev–Trinajstić information content (AvgIpc) is 2.86. The third-order valence-corrected chi connectivity index (χ3v) is 6.66. The number of benzene rings is 3. The van der Waals surface area contributed by atoms with E-state index in [2.05, 4.69) is 21.0 Å². The molecule has 0 radical (unpaired) electrons. The second-order valence-corrected chi connectivity index (χ2v) is 10.8. The quantitative estimate of drug-likeness (QED) is 0.330. The van der Waals surface area contributed by atoms with Crippen molar-refractivity contribution >= 4 is 27.9 Å². The van der Waals surface area contributed by atoms with E-state index in [0.717, 1.165) is 33.0 Å². The summed E-state index contributed by atoms with van der Waals surface area (Å²) in [4.78, 5) is 50.6. The van der Waals surface area contributed by atoms with Crippen molar-refractivity contribution in [2.24, 2.45) is 0 Å². The Bertz CT molecular complexity index is 1800. The predicted molar refractivity (Wildman–Crippen MR) is 151 cm³/mol. The molecule has 2 aliphatic heterocycles. The van der Waals surface area contributed by atoms with E-state index < -0.39 is 22.9 Å². The normalized spacial score (nSPS) is 11.8. The molecule has 0 saturated heterocycles. The fraction of sp³-hybridized carbons (Fsp3) is 0.300. The Labute approximate surface area is 225 Å².